The van der Waals surface area contributed by atoms with E-state index in [1.165, 1.54) is 4.35 Å². The van der Waals surface area contributed by atoms with E-state index in [0.717, 1.165) is 11.3 Å². The Labute approximate surface area is 148 Å². The normalized spacial score (nSPS) is 11.5. The molecule has 2 heterocycles. The van der Waals surface area contributed by atoms with Gasteiger partial charge in [0.15, 0.2) is 0 Å². The number of aryl methyl sites for hydroxylation is 1. The fourth-order valence-corrected chi connectivity index (χ4v) is 4.93. The summed E-state index contributed by atoms with van der Waals surface area (Å²) >= 11 is 5.72. The summed E-state index contributed by atoms with van der Waals surface area (Å²) in [6, 6.07) is 1.94. The molecule has 0 aromatic carbocycles. The van der Waals surface area contributed by atoms with Crippen LogP contribution in [-0.2, 0) is 16.0 Å². The zero-order valence-corrected chi connectivity index (χ0v) is 16.4. The Morgan fingerprint density at radius 2 is 2.22 bits per heavy atom. The first-order chi connectivity index (χ1) is 11.0. The summed E-state index contributed by atoms with van der Waals surface area (Å²) in [7, 11) is 0. The first kappa shape index (κ1) is 18.0. The fourth-order valence-electron chi connectivity index (χ4n) is 2.13. The SMILES string of the molecule is CCOC(=O)CCc1cnn(-c2cnc(Cl)cc2[AsH]C(C)C)c1. The molecule has 0 aliphatic heterocycles. The topological polar surface area (TPSA) is 57.0 Å². The van der Waals surface area contributed by atoms with Gasteiger partial charge in [-0.1, -0.05) is 0 Å². The van der Waals surface area contributed by atoms with Crippen molar-refractivity contribution in [2.24, 2.45) is 0 Å². The average Bonchev–Trinajstić information content (AvgIpc) is 2.93. The minimum atomic E-state index is -0.317. The fraction of sp³-hybridized carbons (Fsp3) is 0.438. The van der Waals surface area contributed by atoms with E-state index in [-0.39, 0.29) is 21.7 Å². The van der Waals surface area contributed by atoms with E-state index in [0.29, 0.717) is 29.3 Å². The van der Waals surface area contributed by atoms with Crippen LogP contribution in [0.2, 0.25) is 9.86 Å². The van der Waals surface area contributed by atoms with Gasteiger partial charge in [0, 0.05) is 0 Å². The van der Waals surface area contributed by atoms with Crippen LogP contribution < -0.4 is 4.35 Å². The van der Waals surface area contributed by atoms with Crippen molar-refractivity contribution in [3.63, 3.8) is 0 Å². The molecule has 0 aliphatic carbocycles. The van der Waals surface area contributed by atoms with Gasteiger partial charge in [-0.25, -0.2) is 0 Å². The third-order valence-electron chi connectivity index (χ3n) is 3.10. The van der Waals surface area contributed by atoms with E-state index in [2.05, 4.69) is 23.9 Å². The van der Waals surface area contributed by atoms with Gasteiger partial charge in [-0.3, -0.25) is 0 Å². The Hall–Kier alpha value is -1.32. The van der Waals surface area contributed by atoms with E-state index < -0.39 is 0 Å². The molecule has 2 rings (SSSR count). The number of ether oxygens (including phenoxy) is 1. The Bertz CT molecular complexity index is 673. The summed E-state index contributed by atoms with van der Waals surface area (Å²) in [5, 5.41) is 4.93. The van der Waals surface area contributed by atoms with Crippen LogP contribution in [0.1, 0.15) is 32.8 Å². The number of carbonyl (C=O) groups excluding carboxylic acids is 1. The van der Waals surface area contributed by atoms with Crippen molar-refractivity contribution in [3.05, 3.63) is 35.4 Å². The Morgan fingerprint density at radius 1 is 1.43 bits per heavy atom. The number of rotatable bonds is 7. The number of halogens is 1. The summed E-state index contributed by atoms with van der Waals surface area (Å²) in [6.45, 7) is 6.65. The van der Waals surface area contributed by atoms with Crippen LogP contribution in [0.15, 0.2) is 24.7 Å². The third kappa shape index (κ3) is 5.36. The van der Waals surface area contributed by atoms with Crippen LogP contribution in [0.25, 0.3) is 5.69 Å². The van der Waals surface area contributed by atoms with Crippen LogP contribution in [0.4, 0.5) is 0 Å². The van der Waals surface area contributed by atoms with Gasteiger partial charge in [-0.2, -0.15) is 0 Å². The van der Waals surface area contributed by atoms with Gasteiger partial charge in [0.05, 0.1) is 0 Å². The number of pyridine rings is 1. The van der Waals surface area contributed by atoms with Crippen LogP contribution in [0.3, 0.4) is 0 Å². The molecule has 124 valence electrons. The Balaban J connectivity index is 2.15. The van der Waals surface area contributed by atoms with E-state index in [4.69, 9.17) is 16.3 Å². The number of hydrogen-bond acceptors (Lipinski definition) is 4. The first-order valence-corrected chi connectivity index (χ1v) is 10.2. The maximum atomic E-state index is 11.4. The molecule has 0 bridgehead atoms. The molecule has 5 nitrogen and oxygen atoms in total. The quantitative estimate of drug-likeness (QED) is 0.409. The number of esters is 1. The standard InChI is InChI=1S/C16H21AsClN3O2/c1-4-23-16(22)6-5-12-8-20-21(10-12)14-9-19-15(18)7-13(14)17-11(2)3/h7-11,17H,4-6H2,1-3H3. The molecule has 0 fully saturated rings. The number of aromatic nitrogens is 3. The van der Waals surface area contributed by atoms with Gasteiger partial charge in [-0.15, -0.1) is 0 Å². The van der Waals surface area contributed by atoms with Gasteiger partial charge in [0.1, 0.15) is 0 Å². The second-order valence-electron chi connectivity index (χ2n) is 5.42. The molecule has 0 aliphatic rings. The van der Waals surface area contributed by atoms with Crippen molar-refractivity contribution in [1.29, 1.82) is 0 Å². The molecule has 0 amide bonds. The van der Waals surface area contributed by atoms with Crippen LogP contribution in [0, 0.1) is 0 Å². The second-order valence-corrected chi connectivity index (χ2v) is 9.97. The summed E-state index contributed by atoms with van der Waals surface area (Å²) in [4.78, 5) is 15.6. The minimum absolute atomic E-state index is 0.180. The number of hydrogen-bond donors (Lipinski definition) is 0. The van der Waals surface area contributed by atoms with Crippen molar-refractivity contribution in [2.75, 3.05) is 6.61 Å². The van der Waals surface area contributed by atoms with Gasteiger partial charge in [0.25, 0.3) is 0 Å². The van der Waals surface area contributed by atoms with Crippen LogP contribution in [-0.4, -0.2) is 43.1 Å². The Kier molecular flexibility index (Phi) is 6.67. The number of carbonyl (C=O) groups is 1. The van der Waals surface area contributed by atoms with E-state index in [1.807, 2.05) is 23.9 Å². The van der Waals surface area contributed by atoms with E-state index in [9.17, 15) is 4.79 Å². The average molecular weight is 398 g/mol. The molecule has 1 unspecified atom stereocenters. The molecule has 2 aromatic heterocycles. The van der Waals surface area contributed by atoms with Crippen molar-refractivity contribution in [1.82, 2.24) is 14.8 Å². The van der Waals surface area contributed by atoms with Crippen molar-refractivity contribution < 1.29 is 9.53 Å². The van der Waals surface area contributed by atoms with Crippen molar-refractivity contribution >= 4 is 37.7 Å². The third-order valence-corrected chi connectivity index (χ3v) is 6.01. The summed E-state index contributed by atoms with van der Waals surface area (Å²) in [5.74, 6) is -0.180. The van der Waals surface area contributed by atoms with Crippen LogP contribution in [0.5, 0.6) is 0 Å². The predicted octanol–water partition coefficient (Wildman–Crippen LogP) is 2.31. The number of nitrogens with zero attached hydrogens (tertiary/aromatic N) is 3. The molecule has 2 aromatic rings. The maximum absolute atomic E-state index is 11.4. The summed E-state index contributed by atoms with van der Waals surface area (Å²) in [6.07, 6.45) is 6.49. The summed E-state index contributed by atoms with van der Waals surface area (Å²) in [5.41, 5.74) is 1.98. The first-order valence-electron chi connectivity index (χ1n) is 7.61. The molecule has 7 heteroatoms. The van der Waals surface area contributed by atoms with Gasteiger partial charge < -0.3 is 0 Å². The second kappa shape index (κ2) is 8.51. The molecule has 1 atom stereocenters. The van der Waals surface area contributed by atoms with Gasteiger partial charge in [-0.05, 0) is 0 Å². The zero-order chi connectivity index (χ0) is 16.8. The molecule has 23 heavy (non-hydrogen) atoms. The summed E-state index contributed by atoms with van der Waals surface area (Å²) < 4.78 is 8.64. The van der Waals surface area contributed by atoms with Crippen molar-refractivity contribution in [3.8, 4) is 5.69 Å². The van der Waals surface area contributed by atoms with Crippen LogP contribution >= 0.6 is 11.6 Å². The monoisotopic (exact) mass is 397 g/mol. The predicted molar refractivity (Wildman–Crippen MR) is 93.2 cm³/mol. The molecule has 0 N–H and O–H groups in total. The van der Waals surface area contributed by atoms with Gasteiger partial charge >= 0.3 is 148 Å². The van der Waals surface area contributed by atoms with E-state index in [1.54, 1.807) is 12.4 Å². The molecular formula is C16H21AsClN3O2. The molecule has 0 saturated carbocycles. The molecular weight excluding hydrogens is 377 g/mol. The van der Waals surface area contributed by atoms with Gasteiger partial charge in [0.2, 0.25) is 0 Å². The van der Waals surface area contributed by atoms with Crippen molar-refractivity contribution in [2.45, 2.75) is 38.3 Å². The molecule has 0 saturated heterocycles. The molecule has 0 radical (unpaired) electrons. The Morgan fingerprint density at radius 3 is 2.91 bits per heavy atom. The molecule has 0 spiro atoms. The van der Waals surface area contributed by atoms with E-state index >= 15 is 0 Å². The zero-order valence-electron chi connectivity index (χ0n) is 13.5.